The van der Waals surface area contributed by atoms with Gasteiger partial charge in [-0.2, -0.15) is 0 Å². The number of nitrogens with zero attached hydrogens (tertiary/aromatic N) is 3. The maximum atomic E-state index is 11.9. The highest BCUT2D eigenvalue weighted by Gasteiger charge is 2.09. The van der Waals surface area contributed by atoms with Crippen LogP contribution in [0, 0.1) is 0 Å². The summed E-state index contributed by atoms with van der Waals surface area (Å²) in [7, 11) is 0. The number of carbonyl (C=O) groups is 1. The van der Waals surface area contributed by atoms with E-state index in [1.54, 1.807) is 17.4 Å². The first kappa shape index (κ1) is 15.1. The second-order valence-electron chi connectivity index (χ2n) is 4.60. The van der Waals surface area contributed by atoms with Gasteiger partial charge in [0.15, 0.2) is 0 Å². The second kappa shape index (κ2) is 7.44. The lowest BCUT2D eigenvalue weighted by atomic mass is 10.2. The molecule has 0 aliphatic rings. The quantitative estimate of drug-likeness (QED) is 0.844. The summed E-state index contributed by atoms with van der Waals surface area (Å²) in [5.74, 6) is 0. The second-order valence-corrected chi connectivity index (χ2v) is 4.60. The molecule has 0 fully saturated rings. The molecule has 6 heteroatoms. The highest BCUT2D eigenvalue weighted by atomic mass is 16.3. The van der Waals surface area contributed by atoms with Crippen molar-refractivity contribution in [3.63, 3.8) is 0 Å². The molecule has 0 spiro atoms. The number of aliphatic hydroxyl groups is 1. The Balaban J connectivity index is 1.90. The van der Waals surface area contributed by atoms with E-state index in [9.17, 15) is 4.79 Å². The van der Waals surface area contributed by atoms with Crippen molar-refractivity contribution in [2.45, 2.75) is 13.5 Å². The average Bonchev–Trinajstić information content (AvgIpc) is 3.05. The van der Waals surface area contributed by atoms with Gasteiger partial charge in [-0.05, 0) is 24.6 Å². The highest BCUT2D eigenvalue weighted by molar-refractivity contribution is 5.74. The Kier molecular flexibility index (Phi) is 5.34. The van der Waals surface area contributed by atoms with Crippen molar-refractivity contribution in [2.75, 3.05) is 19.7 Å². The summed E-state index contributed by atoms with van der Waals surface area (Å²) >= 11 is 0. The normalized spacial score (nSPS) is 10.4. The van der Waals surface area contributed by atoms with Crippen LogP contribution in [0.5, 0.6) is 0 Å². The van der Waals surface area contributed by atoms with Crippen LogP contribution in [0.4, 0.5) is 4.79 Å². The van der Waals surface area contributed by atoms with Crippen molar-refractivity contribution in [1.29, 1.82) is 0 Å². The number of likely N-dealkylation sites (N-methyl/N-ethyl adjacent to an activating group) is 1. The molecule has 0 bridgehead atoms. The van der Waals surface area contributed by atoms with Crippen LogP contribution >= 0.6 is 0 Å². The lowest BCUT2D eigenvalue weighted by molar-refractivity contribution is 0.180. The lowest BCUT2D eigenvalue weighted by Gasteiger charge is -2.20. The number of hydrogen-bond donors (Lipinski definition) is 2. The molecule has 112 valence electrons. The molecule has 0 saturated carbocycles. The van der Waals surface area contributed by atoms with Crippen LogP contribution < -0.4 is 5.32 Å². The standard InChI is InChI=1S/C15H20N4O2/c1-2-18(9-10-20)15(21)17-11-13-3-5-14(6-4-13)19-8-7-16-12-19/h3-8,12,20H,2,9-11H2,1H3,(H,17,21). The molecule has 0 saturated heterocycles. The smallest absolute Gasteiger partial charge is 0.317 e. The number of nitrogens with one attached hydrogen (secondary N) is 1. The molecular weight excluding hydrogens is 268 g/mol. The minimum absolute atomic E-state index is 0.0269. The van der Waals surface area contributed by atoms with Crippen LogP contribution in [0.25, 0.3) is 5.69 Å². The molecule has 2 amide bonds. The van der Waals surface area contributed by atoms with Gasteiger partial charge in [0.1, 0.15) is 0 Å². The molecule has 0 radical (unpaired) electrons. The Morgan fingerprint density at radius 1 is 1.38 bits per heavy atom. The Morgan fingerprint density at radius 2 is 2.14 bits per heavy atom. The summed E-state index contributed by atoms with van der Waals surface area (Å²) in [6.45, 7) is 3.24. The fourth-order valence-electron chi connectivity index (χ4n) is 2.01. The fourth-order valence-corrected chi connectivity index (χ4v) is 2.01. The van der Waals surface area contributed by atoms with E-state index in [0.29, 0.717) is 19.6 Å². The van der Waals surface area contributed by atoms with Crippen LogP contribution in [-0.4, -0.2) is 45.3 Å². The van der Waals surface area contributed by atoms with Gasteiger partial charge >= 0.3 is 6.03 Å². The molecule has 0 unspecified atom stereocenters. The predicted molar refractivity (Wildman–Crippen MR) is 80.1 cm³/mol. The predicted octanol–water partition coefficient (Wildman–Crippen LogP) is 1.40. The van der Waals surface area contributed by atoms with Gasteiger partial charge in [-0.15, -0.1) is 0 Å². The highest BCUT2D eigenvalue weighted by Crippen LogP contribution is 2.09. The average molecular weight is 288 g/mol. The summed E-state index contributed by atoms with van der Waals surface area (Å²) in [5.41, 5.74) is 2.05. The van der Waals surface area contributed by atoms with E-state index in [4.69, 9.17) is 5.11 Å². The molecule has 6 nitrogen and oxygen atoms in total. The zero-order valence-corrected chi connectivity index (χ0v) is 12.1. The number of aromatic nitrogens is 2. The third kappa shape index (κ3) is 4.06. The Bertz CT molecular complexity index is 552. The first-order chi connectivity index (χ1) is 10.2. The third-order valence-corrected chi connectivity index (χ3v) is 3.22. The number of aliphatic hydroxyl groups excluding tert-OH is 1. The van der Waals surface area contributed by atoms with E-state index in [-0.39, 0.29) is 12.6 Å². The molecule has 0 aliphatic heterocycles. The van der Waals surface area contributed by atoms with Crippen LogP contribution in [0.3, 0.4) is 0 Å². The molecular formula is C15H20N4O2. The molecule has 1 aromatic carbocycles. The number of amides is 2. The molecule has 1 aromatic heterocycles. The van der Waals surface area contributed by atoms with E-state index in [1.807, 2.05) is 42.0 Å². The maximum absolute atomic E-state index is 11.9. The van der Waals surface area contributed by atoms with E-state index in [1.165, 1.54) is 0 Å². The van der Waals surface area contributed by atoms with Gasteiger partial charge in [0, 0.05) is 37.7 Å². The van der Waals surface area contributed by atoms with Crippen molar-refractivity contribution in [3.05, 3.63) is 48.5 Å². The molecule has 1 heterocycles. The first-order valence-corrected chi connectivity index (χ1v) is 6.95. The number of rotatable bonds is 6. The Morgan fingerprint density at radius 3 is 2.71 bits per heavy atom. The molecule has 0 aliphatic carbocycles. The summed E-state index contributed by atoms with van der Waals surface area (Å²) in [6, 6.07) is 7.74. The van der Waals surface area contributed by atoms with Gasteiger partial charge in [-0.25, -0.2) is 9.78 Å². The van der Waals surface area contributed by atoms with E-state index in [2.05, 4.69) is 10.3 Å². The van der Waals surface area contributed by atoms with Crippen LogP contribution in [0.15, 0.2) is 43.0 Å². The Labute approximate surface area is 124 Å². The van der Waals surface area contributed by atoms with Crippen LogP contribution in [0.1, 0.15) is 12.5 Å². The zero-order chi connectivity index (χ0) is 15.1. The summed E-state index contributed by atoms with van der Waals surface area (Å²) in [4.78, 5) is 17.5. The molecule has 0 atom stereocenters. The van der Waals surface area contributed by atoms with Gasteiger partial charge in [0.2, 0.25) is 0 Å². The summed E-state index contributed by atoms with van der Waals surface area (Å²) in [5, 5.41) is 11.7. The van der Waals surface area contributed by atoms with E-state index < -0.39 is 0 Å². The summed E-state index contributed by atoms with van der Waals surface area (Å²) < 4.78 is 1.92. The number of hydrogen-bond acceptors (Lipinski definition) is 3. The SMILES string of the molecule is CCN(CCO)C(=O)NCc1ccc(-n2ccnc2)cc1. The number of carbonyl (C=O) groups excluding carboxylic acids is 1. The van der Waals surface area contributed by atoms with Gasteiger partial charge in [-0.3, -0.25) is 0 Å². The summed E-state index contributed by atoms with van der Waals surface area (Å²) in [6.07, 6.45) is 5.35. The third-order valence-electron chi connectivity index (χ3n) is 3.22. The molecule has 2 aromatic rings. The molecule has 21 heavy (non-hydrogen) atoms. The van der Waals surface area contributed by atoms with Gasteiger partial charge < -0.3 is 19.9 Å². The lowest BCUT2D eigenvalue weighted by Crippen LogP contribution is -2.41. The minimum atomic E-state index is -0.162. The van der Waals surface area contributed by atoms with Crippen molar-refractivity contribution in [3.8, 4) is 5.69 Å². The van der Waals surface area contributed by atoms with Gasteiger partial charge in [0.25, 0.3) is 0 Å². The molecule has 2 N–H and O–H groups in total. The number of benzene rings is 1. The van der Waals surface area contributed by atoms with Crippen molar-refractivity contribution in [1.82, 2.24) is 19.8 Å². The first-order valence-electron chi connectivity index (χ1n) is 6.95. The Hall–Kier alpha value is -2.34. The van der Waals surface area contributed by atoms with Crippen LogP contribution in [-0.2, 0) is 6.54 Å². The van der Waals surface area contributed by atoms with Gasteiger partial charge in [-0.1, -0.05) is 12.1 Å². The topological polar surface area (TPSA) is 70.4 Å². The maximum Gasteiger partial charge on any atom is 0.317 e. The minimum Gasteiger partial charge on any atom is -0.395 e. The van der Waals surface area contributed by atoms with Crippen molar-refractivity contribution >= 4 is 6.03 Å². The van der Waals surface area contributed by atoms with Crippen LogP contribution in [0.2, 0.25) is 0 Å². The van der Waals surface area contributed by atoms with Crippen molar-refractivity contribution < 1.29 is 9.90 Å². The largest absolute Gasteiger partial charge is 0.395 e. The van der Waals surface area contributed by atoms with Crippen molar-refractivity contribution in [2.24, 2.45) is 0 Å². The number of urea groups is 1. The van der Waals surface area contributed by atoms with E-state index >= 15 is 0 Å². The monoisotopic (exact) mass is 288 g/mol. The zero-order valence-electron chi connectivity index (χ0n) is 12.1. The van der Waals surface area contributed by atoms with Gasteiger partial charge in [0.05, 0.1) is 12.9 Å². The van der Waals surface area contributed by atoms with E-state index in [0.717, 1.165) is 11.3 Å². The number of imidazole rings is 1. The fraction of sp³-hybridized carbons (Fsp3) is 0.333. The molecule has 2 rings (SSSR count).